The standard InChI is InChI=1S/C29H33FN4O7/c1-9-17-12-20(24(31-15-17)34(25(35)36)27(38)40-29(5,6)7)23-14-22(32-41-23)19-11-10-18(13-21(19)30)16-33(8)26(37)39-28(2,3)4/h9-15H,1,16H2,2-8H3,(H,35,36). The molecule has 0 aliphatic rings. The van der Waals surface area contributed by atoms with Crippen molar-refractivity contribution in [1.82, 2.24) is 15.0 Å². The molecule has 3 aromatic rings. The lowest BCUT2D eigenvalue weighted by molar-refractivity contribution is 0.0284. The Morgan fingerprint density at radius 3 is 2.22 bits per heavy atom. The summed E-state index contributed by atoms with van der Waals surface area (Å²) in [5, 5.41) is 13.8. The molecule has 1 N–H and O–H groups in total. The van der Waals surface area contributed by atoms with E-state index in [2.05, 4.69) is 16.7 Å². The topological polar surface area (TPSA) is 135 Å². The Labute approximate surface area is 237 Å². The summed E-state index contributed by atoms with van der Waals surface area (Å²) in [5.74, 6) is -0.894. The zero-order chi connectivity index (χ0) is 30.7. The average Bonchev–Trinajstić information content (AvgIpc) is 3.31. The summed E-state index contributed by atoms with van der Waals surface area (Å²) in [7, 11) is 1.55. The van der Waals surface area contributed by atoms with Crippen molar-refractivity contribution in [3.05, 3.63) is 60.1 Å². The van der Waals surface area contributed by atoms with Gasteiger partial charge in [-0.25, -0.2) is 23.8 Å². The third kappa shape index (κ3) is 7.90. The third-order valence-corrected chi connectivity index (χ3v) is 5.31. The molecule has 0 atom stereocenters. The smallest absolute Gasteiger partial charge is 0.425 e. The van der Waals surface area contributed by atoms with Crippen LogP contribution in [-0.2, 0) is 16.0 Å². The molecule has 0 fully saturated rings. The summed E-state index contributed by atoms with van der Waals surface area (Å²) in [5.41, 5.74) is -0.329. The fourth-order valence-corrected chi connectivity index (χ4v) is 3.58. The summed E-state index contributed by atoms with van der Waals surface area (Å²) in [6.07, 6.45) is -0.533. The number of amides is 3. The zero-order valence-corrected chi connectivity index (χ0v) is 24.0. The highest BCUT2D eigenvalue weighted by molar-refractivity contribution is 6.10. The van der Waals surface area contributed by atoms with Gasteiger partial charge in [0.2, 0.25) is 0 Å². The second-order valence-corrected chi connectivity index (χ2v) is 11.2. The summed E-state index contributed by atoms with van der Waals surface area (Å²) in [6, 6.07) is 7.29. The molecule has 0 unspecified atom stereocenters. The number of carbonyl (C=O) groups excluding carboxylic acids is 2. The van der Waals surface area contributed by atoms with Gasteiger partial charge >= 0.3 is 18.3 Å². The van der Waals surface area contributed by atoms with Crippen LogP contribution in [0, 0.1) is 5.82 Å². The minimum Gasteiger partial charge on any atom is -0.464 e. The molecule has 218 valence electrons. The maximum absolute atomic E-state index is 15.2. The molecule has 0 saturated heterocycles. The fraction of sp³-hybridized carbons (Fsp3) is 0.345. The van der Waals surface area contributed by atoms with Crippen LogP contribution in [0.25, 0.3) is 28.7 Å². The fourth-order valence-electron chi connectivity index (χ4n) is 3.58. The Bertz CT molecular complexity index is 1470. The monoisotopic (exact) mass is 568 g/mol. The van der Waals surface area contributed by atoms with Gasteiger partial charge in [0, 0.05) is 31.4 Å². The molecule has 41 heavy (non-hydrogen) atoms. The van der Waals surface area contributed by atoms with Crippen LogP contribution in [0.3, 0.4) is 0 Å². The van der Waals surface area contributed by atoms with E-state index in [4.69, 9.17) is 14.0 Å². The van der Waals surface area contributed by atoms with Crippen LogP contribution in [0.2, 0.25) is 0 Å². The van der Waals surface area contributed by atoms with Crippen LogP contribution >= 0.6 is 0 Å². The van der Waals surface area contributed by atoms with Crippen molar-refractivity contribution in [2.45, 2.75) is 59.3 Å². The molecule has 0 aliphatic carbocycles. The Balaban J connectivity index is 1.95. The minimum atomic E-state index is -1.63. The largest absolute Gasteiger partial charge is 0.464 e. The van der Waals surface area contributed by atoms with Gasteiger partial charge in [-0.2, -0.15) is 4.90 Å². The Hall–Kier alpha value is -4.74. The highest BCUT2D eigenvalue weighted by Gasteiger charge is 2.33. The predicted molar refractivity (Wildman–Crippen MR) is 150 cm³/mol. The van der Waals surface area contributed by atoms with Gasteiger partial charge in [-0.1, -0.05) is 23.9 Å². The second-order valence-electron chi connectivity index (χ2n) is 11.2. The molecule has 0 saturated carbocycles. The highest BCUT2D eigenvalue weighted by atomic mass is 19.1. The molecule has 0 aliphatic heterocycles. The number of pyridine rings is 1. The Kier molecular flexibility index (Phi) is 8.85. The van der Waals surface area contributed by atoms with Crippen molar-refractivity contribution in [3.8, 4) is 22.6 Å². The van der Waals surface area contributed by atoms with E-state index in [1.54, 1.807) is 54.7 Å². The van der Waals surface area contributed by atoms with E-state index in [9.17, 15) is 19.5 Å². The summed E-state index contributed by atoms with van der Waals surface area (Å²) < 4.78 is 31.2. The van der Waals surface area contributed by atoms with Crippen molar-refractivity contribution in [2.24, 2.45) is 0 Å². The molecule has 0 radical (unpaired) electrons. The number of imide groups is 1. The van der Waals surface area contributed by atoms with E-state index < -0.39 is 35.3 Å². The zero-order valence-electron chi connectivity index (χ0n) is 24.0. The van der Waals surface area contributed by atoms with Crippen LogP contribution < -0.4 is 4.90 Å². The van der Waals surface area contributed by atoms with E-state index in [1.807, 2.05) is 0 Å². The number of rotatable bonds is 6. The molecule has 2 heterocycles. The number of halogens is 1. The Morgan fingerprint density at radius 1 is 1.02 bits per heavy atom. The van der Waals surface area contributed by atoms with Gasteiger partial charge in [0.15, 0.2) is 11.6 Å². The Morgan fingerprint density at radius 2 is 1.66 bits per heavy atom. The first-order chi connectivity index (χ1) is 19.0. The van der Waals surface area contributed by atoms with Crippen LogP contribution in [0.1, 0.15) is 52.7 Å². The molecule has 0 spiro atoms. The first kappa shape index (κ1) is 30.8. The van der Waals surface area contributed by atoms with Gasteiger partial charge in [0.05, 0.1) is 5.56 Å². The van der Waals surface area contributed by atoms with Crippen molar-refractivity contribution < 1.29 is 37.9 Å². The molecule has 12 heteroatoms. The molecule has 3 amide bonds. The minimum absolute atomic E-state index is 0.0224. The first-order valence-corrected chi connectivity index (χ1v) is 12.6. The normalized spacial score (nSPS) is 11.5. The first-order valence-electron chi connectivity index (χ1n) is 12.6. The molecule has 0 bridgehead atoms. The van der Waals surface area contributed by atoms with E-state index >= 15 is 4.39 Å². The molecular formula is C29H33FN4O7. The quantitative estimate of drug-likeness (QED) is 0.334. The van der Waals surface area contributed by atoms with Crippen LogP contribution in [0.4, 0.5) is 24.6 Å². The predicted octanol–water partition coefficient (Wildman–Crippen LogP) is 6.97. The van der Waals surface area contributed by atoms with Gasteiger partial charge in [-0.15, -0.1) is 0 Å². The SMILES string of the molecule is C=Cc1cnc(N(C(=O)O)C(=O)OC(C)(C)C)c(-c2cc(-c3ccc(CN(C)C(=O)OC(C)(C)C)cc3F)no2)c1. The van der Waals surface area contributed by atoms with Crippen LogP contribution in [0.5, 0.6) is 0 Å². The van der Waals surface area contributed by atoms with E-state index in [1.165, 1.54) is 41.4 Å². The highest BCUT2D eigenvalue weighted by Crippen LogP contribution is 2.34. The van der Waals surface area contributed by atoms with Gasteiger partial charge in [-0.05, 0) is 70.9 Å². The number of hydrogen-bond acceptors (Lipinski definition) is 8. The summed E-state index contributed by atoms with van der Waals surface area (Å²) in [6.45, 7) is 13.8. The van der Waals surface area contributed by atoms with Gasteiger partial charge in [0.1, 0.15) is 22.7 Å². The number of carbonyl (C=O) groups is 3. The van der Waals surface area contributed by atoms with Gasteiger partial charge in [0.25, 0.3) is 0 Å². The molecule has 1 aromatic carbocycles. The number of hydrogen-bond donors (Lipinski definition) is 1. The number of nitrogens with zero attached hydrogens (tertiary/aromatic N) is 4. The van der Waals surface area contributed by atoms with Gasteiger partial charge < -0.3 is 24.0 Å². The maximum Gasteiger partial charge on any atom is 0.425 e. The third-order valence-electron chi connectivity index (χ3n) is 5.31. The lowest BCUT2D eigenvalue weighted by Gasteiger charge is -2.24. The van der Waals surface area contributed by atoms with E-state index in [-0.39, 0.29) is 34.9 Å². The van der Waals surface area contributed by atoms with E-state index in [0.29, 0.717) is 16.0 Å². The summed E-state index contributed by atoms with van der Waals surface area (Å²) in [4.78, 5) is 42.9. The lowest BCUT2D eigenvalue weighted by atomic mass is 10.1. The van der Waals surface area contributed by atoms with Crippen molar-refractivity contribution in [1.29, 1.82) is 0 Å². The summed E-state index contributed by atoms with van der Waals surface area (Å²) >= 11 is 0. The second kappa shape index (κ2) is 11.8. The average molecular weight is 569 g/mol. The molecule has 2 aromatic heterocycles. The van der Waals surface area contributed by atoms with Crippen LogP contribution in [0.15, 0.2) is 47.6 Å². The number of ether oxygens (including phenoxy) is 2. The molecular weight excluding hydrogens is 535 g/mol. The lowest BCUT2D eigenvalue weighted by Crippen LogP contribution is -2.41. The number of benzene rings is 1. The van der Waals surface area contributed by atoms with Gasteiger partial charge in [-0.3, -0.25) is 0 Å². The van der Waals surface area contributed by atoms with Crippen LogP contribution in [-0.4, -0.2) is 56.7 Å². The maximum atomic E-state index is 15.2. The van der Waals surface area contributed by atoms with Crippen molar-refractivity contribution in [2.75, 3.05) is 11.9 Å². The number of carboxylic acid groups (broad SMARTS) is 1. The number of anilines is 1. The number of aromatic nitrogens is 2. The molecule has 11 nitrogen and oxygen atoms in total. The molecule has 3 rings (SSSR count). The van der Waals surface area contributed by atoms with E-state index in [0.717, 1.165) is 0 Å². The van der Waals surface area contributed by atoms with Crippen molar-refractivity contribution in [3.63, 3.8) is 0 Å². The van der Waals surface area contributed by atoms with Crippen molar-refractivity contribution >= 4 is 30.2 Å².